The molecule has 0 saturated heterocycles. The Kier molecular flexibility index (Phi) is 6.37. The molecule has 1 aromatic heterocycles. The minimum Gasteiger partial charge on any atom is -0.436 e. The highest BCUT2D eigenvalue weighted by atomic mass is 35.5. The lowest BCUT2D eigenvalue weighted by atomic mass is 10.0. The summed E-state index contributed by atoms with van der Waals surface area (Å²) in [5.41, 5.74) is 0.154. The summed E-state index contributed by atoms with van der Waals surface area (Å²) < 4.78 is 69.7. The standard InChI is InChI=1S/C24H18ClF3N2O4S/c1-3-35(32,33)16-7-9-21-20(12-16)30-23(34-21)15-6-8-18(25)19(11-15)29-22(31)14-5-4-13(2)17(10-14)24(26,27)28/h4-12H,3H2,1-2H3,(H,29,31). The van der Waals surface area contributed by atoms with Gasteiger partial charge in [0, 0.05) is 11.1 Å². The fraction of sp³-hybridized carbons (Fsp3) is 0.167. The maximum absolute atomic E-state index is 13.2. The van der Waals surface area contributed by atoms with E-state index < -0.39 is 27.5 Å². The molecule has 0 atom stereocenters. The fourth-order valence-corrected chi connectivity index (χ4v) is 4.47. The number of oxazole rings is 1. The third kappa shape index (κ3) is 5.03. The Labute approximate surface area is 203 Å². The number of rotatable bonds is 5. The summed E-state index contributed by atoms with van der Waals surface area (Å²) in [5, 5.41) is 2.67. The number of fused-ring (bicyclic) bond motifs is 1. The van der Waals surface area contributed by atoms with Crippen molar-refractivity contribution in [3.63, 3.8) is 0 Å². The van der Waals surface area contributed by atoms with Crippen LogP contribution in [-0.4, -0.2) is 25.1 Å². The van der Waals surface area contributed by atoms with Crippen molar-refractivity contribution < 1.29 is 30.8 Å². The number of halogens is 4. The number of carbonyl (C=O) groups is 1. The lowest BCUT2D eigenvalue weighted by Crippen LogP contribution is -2.15. The zero-order valence-electron chi connectivity index (χ0n) is 18.4. The zero-order valence-corrected chi connectivity index (χ0v) is 20.0. The van der Waals surface area contributed by atoms with Crippen LogP contribution in [0.5, 0.6) is 0 Å². The lowest BCUT2D eigenvalue weighted by Gasteiger charge is -2.13. The van der Waals surface area contributed by atoms with Gasteiger partial charge in [0.05, 0.1) is 26.9 Å². The van der Waals surface area contributed by atoms with Gasteiger partial charge in [-0.2, -0.15) is 13.2 Å². The van der Waals surface area contributed by atoms with E-state index in [4.69, 9.17) is 16.0 Å². The Morgan fingerprint density at radius 1 is 1.09 bits per heavy atom. The molecule has 4 rings (SSSR count). The van der Waals surface area contributed by atoms with Crippen LogP contribution in [0, 0.1) is 6.92 Å². The average Bonchev–Trinajstić information content (AvgIpc) is 3.23. The number of anilines is 1. The van der Waals surface area contributed by atoms with Crippen molar-refractivity contribution in [3.05, 3.63) is 76.3 Å². The highest BCUT2D eigenvalue weighted by molar-refractivity contribution is 7.91. The second kappa shape index (κ2) is 9.01. The van der Waals surface area contributed by atoms with E-state index in [1.807, 2.05) is 0 Å². The van der Waals surface area contributed by atoms with Crippen molar-refractivity contribution in [2.75, 3.05) is 11.1 Å². The minimum atomic E-state index is -4.60. The molecule has 0 aliphatic heterocycles. The number of hydrogen-bond donors (Lipinski definition) is 1. The first-order valence-electron chi connectivity index (χ1n) is 10.3. The second-order valence-electron chi connectivity index (χ2n) is 7.73. The van der Waals surface area contributed by atoms with Gasteiger partial charge in [0.15, 0.2) is 15.4 Å². The van der Waals surface area contributed by atoms with Gasteiger partial charge in [0.25, 0.3) is 5.91 Å². The molecule has 4 aromatic rings. The molecule has 3 aromatic carbocycles. The Balaban J connectivity index is 1.66. The SMILES string of the molecule is CCS(=O)(=O)c1ccc2oc(-c3ccc(Cl)c(NC(=O)c4ccc(C)c(C(F)(F)F)c4)c3)nc2c1. The zero-order chi connectivity index (χ0) is 25.5. The molecule has 1 amide bonds. The van der Waals surface area contributed by atoms with Crippen LogP contribution in [0.15, 0.2) is 63.9 Å². The topological polar surface area (TPSA) is 89.3 Å². The highest BCUT2D eigenvalue weighted by Gasteiger charge is 2.33. The van der Waals surface area contributed by atoms with E-state index in [0.717, 1.165) is 6.07 Å². The number of amides is 1. The summed E-state index contributed by atoms with van der Waals surface area (Å²) in [6.07, 6.45) is -4.60. The van der Waals surface area contributed by atoms with E-state index in [1.54, 1.807) is 6.07 Å². The predicted molar refractivity (Wildman–Crippen MR) is 126 cm³/mol. The van der Waals surface area contributed by atoms with E-state index in [1.165, 1.54) is 56.3 Å². The van der Waals surface area contributed by atoms with Crippen molar-refractivity contribution in [3.8, 4) is 11.5 Å². The molecule has 0 saturated carbocycles. The third-order valence-corrected chi connectivity index (χ3v) is 7.43. The van der Waals surface area contributed by atoms with Crippen LogP contribution in [0.4, 0.5) is 18.9 Å². The molecule has 6 nitrogen and oxygen atoms in total. The highest BCUT2D eigenvalue weighted by Crippen LogP contribution is 2.34. The predicted octanol–water partition coefficient (Wildman–Crippen LogP) is 6.52. The first-order chi connectivity index (χ1) is 16.4. The number of aryl methyl sites for hydroxylation is 1. The number of alkyl halides is 3. The fourth-order valence-electron chi connectivity index (χ4n) is 3.41. The third-order valence-electron chi connectivity index (χ3n) is 5.36. The molecule has 1 heterocycles. The van der Waals surface area contributed by atoms with E-state index >= 15 is 0 Å². The number of nitrogens with zero attached hydrogens (tertiary/aromatic N) is 1. The van der Waals surface area contributed by atoms with Gasteiger partial charge in [0.2, 0.25) is 5.89 Å². The van der Waals surface area contributed by atoms with E-state index in [-0.39, 0.29) is 38.4 Å². The van der Waals surface area contributed by atoms with Gasteiger partial charge >= 0.3 is 6.18 Å². The van der Waals surface area contributed by atoms with Crippen LogP contribution >= 0.6 is 11.6 Å². The van der Waals surface area contributed by atoms with Crippen LogP contribution in [0.2, 0.25) is 5.02 Å². The van der Waals surface area contributed by atoms with Crippen molar-refractivity contribution >= 4 is 44.1 Å². The van der Waals surface area contributed by atoms with Crippen LogP contribution in [0.25, 0.3) is 22.6 Å². The molecule has 35 heavy (non-hydrogen) atoms. The van der Waals surface area contributed by atoms with Crippen LogP contribution in [0.3, 0.4) is 0 Å². The second-order valence-corrected chi connectivity index (χ2v) is 10.4. The molecule has 0 unspecified atom stereocenters. The van der Waals surface area contributed by atoms with Crippen molar-refractivity contribution in [1.29, 1.82) is 0 Å². The quantitative estimate of drug-likeness (QED) is 0.322. The van der Waals surface area contributed by atoms with Crippen LogP contribution in [-0.2, 0) is 16.0 Å². The molecular weight excluding hydrogens is 505 g/mol. The number of carbonyl (C=O) groups excluding carboxylic acids is 1. The molecule has 0 aliphatic rings. The first-order valence-corrected chi connectivity index (χ1v) is 12.3. The molecule has 0 spiro atoms. The minimum absolute atomic E-state index is 0.0000612. The molecule has 0 bridgehead atoms. The molecule has 0 fully saturated rings. The monoisotopic (exact) mass is 522 g/mol. The van der Waals surface area contributed by atoms with Crippen molar-refractivity contribution in [2.45, 2.75) is 24.9 Å². The number of benzene rings is 3. The number of sulfone groups is 1. The Bertz CT molecular complexity index is 1560. The number of hydrogen-bond acceptors (Lipinski definition) is 5. The summed E-state index contributed by atoms with van der Waals surface area (Å²) in [6.45, 7) is 2.85. The van der Waals surface area contributed by atoms with Crippen molar-refractivity contribution in [2.24, 2.45) is 0 Å². The van der Waals surface area contributed by atoms with Gasteiger partial charge in [0.1, 0.15) is 5.52 Å². The summed E-state index contributed by atoms with van der Waals surface area (Å²) in [7, 11) is -3.43. The molecule has 11 heteroatoms. The molecule has 0 radical (unpaired) electrons. The number of nitrogens with one attached hydrogen (secondary N) is 1. The first kappa shape index (κ1) is 24.7. The molecule has 0 aliphatic carbocycles. The molecule has 1 N–H and O–H groups in total. The van der Waals surface area contributed by atoms with Gasteiger partial charge < -0.3 is 9.73 Å². The van der Waals surface area contributed by atoms with E-state index in [0.29, 0.717) is 16.7 Å². The number of aromatic nitrogens is 1. The molecular formula is C24H18ClF3N2O4S. The summed E-state index contributed by atoms with van der Waals surface area (Å²) in [6, 6.07) is 12.2. The van der Waals surface area contributed by atoms with E-state index in [9.17, 15) is 26.4 Å². The summed E-state index contributed by atoms with van der Waals surface area (Å²) >= 11 is 6.20. The smallest absolute Gasteiger partial charge is 0.416 e. The largest absolute Gasteiger partial charge is 0.436 e. The van der Waals surface area contributed by atoms with Crippen LogP contribution < -0.4 is 5.32 Å². The van der Waals surface area contributed by atoms with Gasteiger partial charge in [-0.3, -0.25) is 4.79 Å². The summed E-state index contributed by atoms with van der Waals surface area (Å²) in [4.78, 5) is 17.1. The average molecular weight is 523 g/mol. The molecule has 182 valence electrons. The Morgan fingerprint density at radius 3 is 2.51 bits per heavy atom. The Hall–Kier alpha value is -3.37. The van der Waals surface area contributed by atoms with Gasteiger partial charge in [-0.15, -0.1) is 0 Å². The van der Waals surface area contributed by atoms with Crippen LogP contribution in [0.1, 0.15) is 28.4 Å². The van der Waals surface area contributed by atoms with E-state index in [2.05, 4.69) is 10.3 Å². The van der Waals surface area contributed by atoms with Gasteiger partial charge in [-0.25, -0.2) is 13.4 Å². The van der Waals surface area contributed by atoms with Gasteiger partial charge in [-0.1, -0.05) is 24.6 Å². The Morgan fingerprint density at radius 2 is 1.83 bits per heavy atom. The normalized spacial score (nSPS) is 12.2. The summed E-state index contributed by atoms with van der Waals surface area (Å²) in [5.74, 6) is -0.691. The maximum atomic E-state index is 13.2. The maximum Gasteiger partial charge on any atom is 0.416 e. The van der Waals surface area contributed by atoms with Crippen molar-refractivity contribution in [1.82, 2.24) is 4.98 Å². The lowest BCUT2D eigenvalue weighted by molar-refractivity contribution is -0.138. The van der Waals surface area contributed by atoms with Gasteiger partial charge in [-0.05, 0) is 61.0 Å².